The van der Waals surface area contributed by atoms with Crippen LogP contribution < -0.4 is 0 Å². The van der Waals surface area contributed by atoms with Gasteiger partial charge in [0.15, 0.2) is 0 Å². The lowest BCUT2D eigenvalue weighted by molar-refractivity contribution is 0.0668. The quantitative estimate of drug-likeness (QED) is 0.533. The van der Waals surface area contributed by atoms with E-state index >= 15 is 0 Å². The fraction of sp³-hybridized carbons (Fsp3) is 0.818. The molecule has 0 saturated carbocycles. The summed E-state index contributed by atoms with van der Waals surface area (Å²) in [6, 6.07) is 0. The number of hydrogen-bond acceptors (Lipinski definition) is 3. The van der Waals surface area contributed by atoms with Crippen molar-refractivity contribution in [3.8, 4) is 0 Å². The molecule has 1 saturated heterocycles. The van der Waals surface area contributed by atoms with Gasteiger partial charge in [0.2, 0.25) is 0 Å². The number of rotatable bonds is 2. The van der Waals surface area contributed by atoms with Crippen molar-refractivity contribution < 1.29 is 14.3 Å². The Bertz CT molecular complexity index is 258. The molecule has 5 nitrogen and oxygen atoms in total. The molecular formula is C11H20N2O3. The van der Waals surface area contributed by atoms with Crippen LogP contribution in [-0.2, 0) is 9.47 Å². The third kappa shape index (κ3) is 4.18. The number of nitrogens with zero attached hydrogens (tertiary/aromatic N) is 2. The van der Waals surface area contributed by atoms with Crippen molar-refractivity contribution in [1.29, 1.82) is 0 Å². The highest BCUT2D eigenvalue weighted by Gasteiger charge is 2.15. The summed E-state index contributed by atoms with van der Waals surface area (Å²) in [5, 5.41) is 0. The molecule has 16 heavy (non-hydrogen) atoms. The van der Waals surface area contributed by atoms with Gasteiger partial charge in [0, 0.05) is 19.5 Å². The van der Waals surface area contributed by atoms with Crippen LogP contribution in [0.4, 0.5) is 4.79 Å². The summed E-state index contributed by atoms with van der Waals surface area (Å²) >= 11 is 0. The molecule has 0 bridgehead atoms. The number of carbonyl (C=O) groups is 1. The first-order valence-electron chi connectivity index (χ1n) is 5.74. The van der Waals surface area contributed by atoms with Gasteiger partial charge in [-0.15, -0.1) is 0 Å². The molecule has 1 rings (SSSR count). The molecule has 0 aromatic heterocycles. The van der Waals surface area contributed by atoms with Crippen LogP contribution in [0.25, 0.3) is 0 Å². The number of ether oxygens (including phenoxy) is 2. The van der Waals surface area contributed by atoms with Crippen LogP contribution in [-0.4, -0.2) is 49.2 Å². The first-order valence-corrected chi connectivity index (χ1v) is 5.74. The second kappa shape index (κ2) is 6.48. The minimum atomic E-state index is -0.502. The number of hydrogen-bond donors (Lipinski definition) is 0. The minimum absolute atomic E-state index is 0.126. The average Bonchev–Trinajstić information content (AvgIpc) is 2.26. The first-order chi connectivity index (χ1) is 7.63. The minimum Gasteiger partial charge on any atom is -0.445 e. The average molecular weight is 228 g/mol. The van der Waals surface area contributed by atoms with Crippen LogP contribution in [0.2, 0.25) is 0 Å². The smallest absolute Gasteiger partial charge is 0.435 e. The molecule has 0 unspecified atom stereocenters. The van der Waals surface area contributed by atoms with E-state index in [1.165, 1.54) is 0 Å². The normalized spacial score (nSPS) is 17.8. The molecule has 0 aromatic carbocycles. The van der Waals surface area contributed by atoms with Gasteiger partial charge in [0.05, 0.1) is 19.3 Å². The molecule has 1 amide bonds. The Balaban J connectivity index is 2.57. The van der Waals surface area contributed by atoms with E-state index in [1.807, 2.05) is 20.8 Å². The molecule has 0 atom stereocenters. The molecule has 0 aromatic rings. The lowest BCUT2D eigenvalue weighted by Gasteiger charge is -2.29. The molecule has 1 aliphatic heterocycles. The van der Waals surface area contributed by atoms with Crippen LogP contribution in [0, 0.1) is 0 Å². The number of amidine groups is 1. The lowest BCUT2D eigenvalue weighted by Crippen LogP contribution is -2.40. The number of carbonyl (C=O) groups excluding carboxylic acids is 1. The molecular weight excluding hydrogens is 208 g/mol. The van der Waals surface area contributed by atoms with Crippen molar-refractivity contribution in [3.63, 3.8) is 0 Å². The molecule has 1 heterocycles. The summed E-state index contributed by atoms with van der Waals surface area (Å²) in [6.07, 6.45) is 0.102. The van der Waals surface area contributed by atoms with Crippen molar-refractivity contribution in [2.24, 2.45) is 4.99 Å². The fourth-order valence-electron chi connectivity index (χ4n) is 1.53. The van der Waals surface area contributed by atoms with Gasteiger partial charge in [-0.1, -0.05) is 6.92 Å². The summed E-state index contributed by atoms with van der Waals surface area (Å²) in [6.45, 7) is 8.58. The van der Waals surface area contributed by atoms with E-state index in [4.69, 9.17) is 9.47 Å². The topological polar surface area (TPSA) is 51.1 Å². The standard InChI is InChI=1S/C11H20N2O3/c1-4-10(12-11(14)16-9(2)3)13-5-7-15-8-6-13/h9H,4-8H2,1-3H3/b12-10-. The van der Waals surface area contributed by atoms with Crippen molar-refractivity contribution in [1.82, 2.24) is 4.90 Å². The second-order valence-corrected chi connectivity index (χ2v) is 3.91. The molecule has 0 N–H and O–H groups in total. The van der Waals surface area contributed by atoms with Crippen molar-refractivity contribution in [3.05, 3.63) is 0 Å². The van der Waals surface area contributed by atoms with Crippen LogP contribution in [0.15, 0.2) is 4.99 Å². The van der Waals surface area contributed by atoms with Crippen LogP contribution in [0.5, 0.6) is 0 Å². The van der Waals surface area contributed by atoms with Gasteiger partial charge in [0.1, 0.15) is 5.84 Å². The van der Waals surface area contributed by atoms with E-state index in [-0.39, 0.29) is 6.10 Å². The van der Waals surface area contributed by atoms with E-state index in [9.17, 15) is 4.79 Å². The molecule has 1 fully saturated rings. The van der Waals surface area contributed by atoms with Gasteiger partial charge in [-0.2, -0.15) is 4.99 Å². The predicted molar refractivity (Wildman–Crippen MR) is 61.7 cm³/mol. The lowest BCUT2D eigenvalue weighted by atomic mass is 10.3. The zero-order valence-electron chi connectivity index (χ0n) is 10.2. The number of amides is 1. The molecule has 5 heteroatoms. The van der Waals surface area contributed by atoms with Gasteiger partial charge in [-0.05, 0) is 13.8 Å². The third-order valence-corrected chi connectivity index (χ3v) is 2.25. The Morgan fingerprint density at radius 3 is 2.56 bits per heavy atom. The van der Waals surface area contributed by atoms with E-state index in [1.54, 1.807) is 0 Å². The highest BCUT2D eigenvalue weighted by atomic mass is 16.6. The highest BCUT2D eigenvalue weighted by molar-refractivity contribution is 5.91. The van der Waals surface area contributed by atoms with Gasteiger partial charge < -0.3 is 14.4 Å². The Kier molecular flexibility index (Phi) is 5.25. The van der Waals surface area contributed by atoms with E-state index < -0.39 is 6.09 Å². The van der Waals surface area contributed by atoms with Crippen LogP contribution >= 0.6 is 0 Å². The molecule has 0 spiro atoms. The van der Waals surface area contributed by atoms with Gasteiger partial charge in [-0.25, -0.2) is 4.79 Å². The van der Waals surface area contributed by atoms with Crippen molar-refractivity contribution in [2.75, 3.05) is 26.3 Å². The predicted octanol–water partition coefficient (Wildman–Crippen LogP) is 1.67. The third-order valence-electron chi connectivity index (χ3n) is 2.25. The summed E-state index contributed by atoms with van der Waals surface area (Å²) in [5.41, 5.74) is 0. The maximum absolute atomic E-state index is 11.4. The zero-order chi connectivity index (χ0) is 12.0. The summed E-state index contributed by atoms with van der Waals surface area (Å²) in [4.78, 5) is 17.5. The Morgan fingerprint density at radius 1 is 1.44 bits per heavy atom. The summed E-state index contributed by atoms with van der Waals surface area (Å²) in [5.74, 6) is 0.786. The maximum atomic E-state index is 11.4. The Morgan fingerprint density at radius 2 is 2.06 bits per heavy atom. The fourth-order valence-corrected chi connectivity index (χ4v) is 1.53. The maximum Gasteiger partial charge on any atom is 0.435 e. The monoisotopic (exact) mass is 228 g/mol. The van der Waals surface area contributed by atoms with Crippen molar-refractivity contribution >= 4 is 11.9 Å². The van der Waals surface area contributed by atoms with E-state index in [0.29, 0.717) is 13.2 Å². The molecule has 0 radical (unpaired) electrons. The number of aliphatic imine (C=N–C) groups is 1. The van der Waals surface area contributed by atoms with E-state index in [2.05, 4.69) is 9.89 Å². The Hall–Kier alpha value is -1.10. The largest absolute Gasteiger partial charge is 0.445 e. The van der Waals surface area contributed by atoms with Crippen LogP contribution in [0.1, 0.15) is 27.2 Å². The van der Waals surface area contributed by atoms with Gasteiger partial charge in [0.25, 0.3) is 0 Å². The Labute approximate surface area is 96.4 Å². The SMILES string of the molecule is CC/C(=N/C(=O)OC(C)C)N1CCOCC1. The molecule has 1 aliphatic rings. The van der Waals surface area contributed by atoms with E-state index in [0.717, 1.165) is 25.3 Å². The summed E-state index contributed by atoms with van der Waals surface area (Å²) in [7, 11) is 0. The first kappa shape index (κ1) is 13.0. The second-order valence-electron chi connectivity index (χ2n) is 3.91. The number of morpholine rings is 1. The molecule has 92 valence electrons. The van der Waals surface area contributed by atoms with Crippen molar-refractivity contribution in [2.45, 2.75) is 33.3 Å². The van der Waals surface area contributed by atoms with Crippen LogP contribution in [0.3, 0.4) is 0 Å². The zero-order valence-corrected chi connectivity index (χ0v) is 10.2. The van der Waals surface area contributed by atoms with Gasteiger partial charge in [-0.3, -0.25) is 0 Å². The summed E-state index contributed by atoms with van der Waals surface area (Å²) < 4.78 is 10.2. The highest BCUT2D eigenvalue weighted by Crippen LogP contribution is 2.03. The van der Waals surface area contributed by atoms with Gasteiger partial charge >= 0.3 is 6.09 Å². The molecule has 0 aliphatic carbocycles.